The van der Waals surface area contributed by atoms with E-state index in [1.807, 2.05) is 6.07 Å². The van der Waals surface area contributed by atoms with Gasteiger partial charge in [-0.1, -0.05) is 90.0 Å². The molecule has 0 saturated heterocycles. The first-order valence-corrected chi connectivity index (χ1v) is 12.7. The highest BCUT2D eigenvalue weighted by Crippen LogP contribution is 2.17. The van der Waals surface area contributed by atoms with Gasteiger partial charge in [0, 0.05) is 3.57 Å². The number of rotatable bonds is 16. The lowest BCUT2D eigenvalue weighted by Crippen LogP contribution is -2.07. The molecule has 0 spiro atoms. The van der Waals surface area contributed by atoms with Gasteiger partial charge in [-0.15, -0.1) is 0 Å². The Balaban J connectivity index is 1.95. The summed E-state index contributed by atoms with van der Waals surface area (Å²) >= 11 is 2.10. The molecule has 0 saturated carbocycles. The fraction of sp³-hybridized carbons (Fsp3) is 0.714. The number of hydrogen-bond donors (Lipinski definition) is 0. The highest BCUT2D eigenvalue weighted by Gasteiger charge is 2.14. The van der Waals surface area contributed by atoms with E-state index in [0.29, 0.717) is 0 Å². The first-order valence-electron chi connectivity index (χ1n) is 10.2. The van der Waals surface area contributed by atoms with Crippen molar-refractivity contribution in [2.75, 3.05) is 6.61 Å². The maximum absolute atomic E-state index is 12.1. The molecule has 0 aliphatic heterocycles. The van der Waals surface area contributed by atoms with Crippen LogP contribution in [-0.4, -0.2) is 15.0 Å². The molecule has 150 valence electrons. The molecule has 26 heavy (non-hydrogen) atoms. The Morgan fingerprint density at radius 1 is 0.808 bits per heavy atom. The molecule has 0 amide bonds. The van der Waals surface area contributed by atoms with E-state index in [9.17, 15) is 8.42 Å². The Bertz CT molecular complexity index is 572. The van der Waals surface area contributed by atoms with Crippen LogP contribution in [0.3, 0.4) is 0 Å². The van der Waals surface area contributed by atoms with Crippen LogP contribution in [0.5, 0.6) is 0 Å². The zero-order valence-electron chi connectivity index (χ0n) is 16.2. The van der Waals surface area contributed by atoms with Gasteiger partial charge in [-0.25, -0.2) is 0 Å². The van der Waals surface area contributed by atoms with Crippen LogP contribution in [0.25, 0.3) is 0 Å². The van der Waals surface area contributed by atoms with E-state index in [0.717, 1.165) is 16.4 Å². The second-order valence-corrected chi connectivity index (χ2v) is 9.84. The number of benzene rings is 1. The highest BCUT2D eigenvalue weighted by molar-refractivity contribution is 14.1. The molecule has 0 aromatic heterocycles. The monoisotopic (exact) mass is 494 g/mol. The zero-order valence-corrected chi connectivity index (χ0v) is 19.2. The minimum absolute atomic E-state index is 0.249. The molecule has 0 aliphatic rings. The van der Waals surface area contributed by atoms with Gasteiger partial charge in [-0.2, -0.15) is 8.42 Å². The summed E-state index contributed by atoms with van der Waals surface area (Å²) in [5, 5.41) is 0. The van der Waals surface area contributed by atoms with Gasteiger partial charge < -0.3 is 0 Å². The van der Waals surface area contributed by atoms with Crippen LogP contribution >= 0.6 is 22.6 Å². The van der Waals surface area contributed by atoms with Crippen LogP contribution in [0.4, 0.5) is 0 Å². The van der Waals surface area contributed by atoms with Crippen molar-refractivity contribution in [3.05, 3.63) is 27.8 Å². The van der Waals surface area contributed by atoms with Gasteiger partial charge in [-0.05, 0) is 47.2 Å². The summed E-state index contributed by atoms with van der Waals surface area (Å²) < 4.78 is 30.2. The van der Waals surface area contributed by atoms with Crippen molar-refractivity contribution in [2.45, 2.75) is 95.3 Å². The molecule has 1 aromatic rings. The lowest BCUT2D eigenvalue weighted by atomic mass is 10.0. The molecule has 0 aliphatic carbocycles. The van der Waals surface area contributed by atoms with Gasteiger partial charge in [0.15, 0.2) is 0 Å². The van der Waals surface area contributed by atoms with E-state index in [4.69, 9.17) is 4.18 Å². The lowest BCUT2D eigenvalue weighted by Gasteiger charge is -2.06. The summed E-state index contributed by atoms with van der Waals surface area (Å²) in [5.74, 6) is 0. The first-order chi connectivity index (χ1) is 12.6. The summed E-state index contributed by atoms with van der Waals surface area (Å²) in [7, 11) is -3.60. The number of halogens is 1. The van der Waals surface area contributed by atoms with E-state index in [2.05, 4.69) is 29.5 Å². The summed E-state index contributed by atoms with van der Waals surface area (Å²) in [5.41, 5.74) is 0. The molecule has 0 bridgehead atoms. The van der Waals surface area contributed by atoms with Crippen LogP contribution in [0, 0.1) is 3.57 Å². The standard InChI is InChI=1S/C21H35IO3S/c1-2-3-4-5-6-7-8-9-10-11-12-13-14-18-25-26(23,24)21-17-15-16-20(22)19-21/h15-17,19H,2-14,18H2,1H3. The molecule has 5 heteroatoms. The van der Waals surface area contributed by atoms with E-state index in [1.54, 1.807) is 18.2 Å². The van der Waals surface area contributed by atoms with Crippen LogP contribution in [-0.2, 0) is 14.3 Å². The largest absolute Gasteiger partial charge is 0.297 e. The average molecular weight is 494 g/mol. The summed E-state index contributed by atoms with van der Waals surface area (Å²) in [6.45, 7) is 2.54. The van der Waals surface area contributed by atoms with E-state index in [-0.39, 0.29) is 11.5 Å². The number of unbranched alkanes of at least 4 members (excludes halogenated alkanes) is 12. The molecule has 3 nitrogen and oxygen atoms in total. The predicted molar refractivity (Wildman–Crippen MR) is 118 cm³/mol. The molecule has 1 rings (SSSR count). The topological polar surface area (TPSA) is 43.4 Å². The molecule has 0 heterocycles. The van der Waals surface area contributed by atoms with Crippen molar-refractivity contribution in [3.63, 3.8) is 0 Å². The smallest absolute Gasteiger partial charge is 0.266 e. The SMILES string of the molecule is CCCCCCCCCCCCCCCOS(=O)(=O)c1cccc(I)c1. The second-order valence-electron chi connectivity index (χ2n) is 6.98. The van der Waals surface area contributed by atoms with Crippen LogP contribution < -0.4 is 0 Å². The molecular formula is C21H35IO3S. The quantitative estimate of drug-likeness (QED) is 0.140. The lowest BCUT2D eigenvalue weighted by molar-refractivity contribution is 0.306. The fourth-order valence-electron chi connectivity index (χ4n) is 2.98. The molecule has 0 radical (unpaired) electrons. The van der Waals surface area contributed by atoms with Gasteiger partial charge in [-0.3, -0.25) is 4.18 Å². The van der Waals surface area contributed by atoms with Crippen molar-refractivity contribution in [2.24, 2.45) is 0 Å². The van der Waals surface area contributed by atoms with Crippen molar-refractivity contribution in [1.82, 2.24) is 0 Å². The van der Waals surface area contributed by atoms with Gasteiger partial charge in [0.25, 0.3) is 10.1 Å². The maximum Gasteiger partial charge on any atom is 0.297 e. The third-order valence-electron chi connectivity index (χ3n) is 4.57. The Hall–Kier alpha value is -0.140. The Labute approximate surface area is 174 Å². The van der Waals surface area contributed by atoms with Gasteiger partial charge >= 0.3 is 0 Å². The van der Waals surface area contributed by atoms with Gasteiger partial charge in [0.05, 0.1) is 11.5 Å². The van der Waals surface area contributed by atoms with Crippen molar-refractivity contribution in [3.8, 4) is 0 Å². The normalized spacial score (nSPS) is 11.8. The second kappa shape index (κ2) is 14.9. The van der Waals surface area contributed by atoms with Crippen molar-refractivity contribution >= 4 is 32.7 Å². The molecule has 0 atom stereocenters. The Morgan fingerprint density at radius 3 is 1.81 bits per heavy atom. The van der Waals surface area contributed by atoms with Crippen LogP contribution in [0.1, 0.15) is 90.4 Å². The minimum Gasteiger partial charge on any atom is -0.266 e. The third kappa shape index (κ3) is 11.5. The van der Waals surface area contributed by atoms with E-state index in [1.165, 1.54) is 70.6 Å². The molecular weight excluding hydrogens is 459 g/mol. The zero-order chi connectivity index (χ0) is 19.1. The predicted octanol–water partition coefficient (Wildman–Crippen LogP) is 7.09. The minimum atomic E-state index is -3.60. The van der Waals surface area contributed by atoms with Crippen molar-refractivity contribution < 1.29 is 12.6 Å². The number of hydrogen-bond acceptors (Lipinski definition) is 3. The highest BCUT2D eigenvalue weighted by atomic mass is 127. The van der Waals surface area contributed by atoms with E-state index >= 15 is 0 Å². The van der Waals surface area contributed by atoms with Crippen LogP contribution in [0.2, 0.25) is 0 Å². The third-order valence-corrected chi connectivity index (χ3v) is 6.55. The van der Waals surface area contributed by atoms with Gasteiger partial charge in [0.1, 0.15) is 0 Å². The Morgan fingerprint density at radius 2 is 1.31 bits per heavy atom. The summed E-state index contributed by atoms with van der Waals surface area (Å²) in [4.78, 5) is 0.249. The fourth-order valence-corrected chi connectivity index (χ4v) is 4.72. The molecule has 0 N–H and O–H groups in total. The molecule has 1 aromatic carbocycles. The van der Waals surface area contributed by atoms with Crippen LogP contribution in [0.15, 0.2) is 29.2 Å². The van der Waals surface area contributed by atoms with Gasteiger partial charge in [0.2, 0.25) is 0 Å². The maximum atomic E-state index is 12.1. The molecule has 0 unspecified atom stereocenters. The summed E-state index contributed by atoms with van der Waals surface area (Å²) in [6, 6.07) is 6.83. The molecule has 0 fully saturated rings. The Kier molecular flexibility index (Phi) is 13.7. The summed E-state index contributed by atoms with van der Waals surface area (Å²) in [6.07, 6.45) is 16.6. The van der Waals surface area contributed by atoms with Crippen molar-refractivity contribution in [1.29, 1.82) is 0 Å². The average Bonchev–Trinajstić information content (AvgIpc) is 2.62. The van der Waals surface area contributed by atoms with E-state index < -0.39 is 10.1 Å². The first kappa shape index (κ1) is 23.9.